The van der Waals surface area contributed by atoms with Crippen molar-refractivity contribution in [3.05, 3.63) is 11.6 Å². The molecular formula is C22H39N3O4. The number of nitrogens with one attached hydrogen (secondary N) is 1. The molecule has 0 aromatic carbocycles. The summed E-state index contributed by atoms with van der Waals surface area (Å²) < 4.78 is 0. The van der Waals surface area contributed by atoms with Crippen molar-refractivity contribution in [3.8, 4) is 0 Å². The number of rotatable bonds is 9. The summed E-state index contributed by atoms with van der Waals surface area (Å²) in [6.07, 6.45) is 5.09. The third-order valence-electron chi connectivity index (χ3n) is 5.78. The smallest absolute Gasteiger partial charge is 0.331 e. The minimum absolute atomic E-state index is 0.0768. The molecule has 0 radical (unpaired) electrons. The highest BCUT2D eigenvalue weighted by Crippen LogP contribution is 2.21. The van der Waals surface area contributed by atoms with E-state index in [-0.39, 0.29) is 41.4 Å². The van der Waals surface area contributed by atoms with Crippen LogP contribution in [0, 0.1) is 5.92 Å². The molecule has 0 aliphatic carbocycles. The third kappa shape index (κ3) is 6.84. The van der Waals surface area contributed by atoms with Gasteiger partial charge in [0, 0.05) is 18.7 Å². The minimum atomic E-state index is -0.996. The van der Waals surface area contributed by atoms with Gasteiger partial charge in [0.05, 0.1) is 12.1 Å². The lowest BCUT2D eigenvalue weighted by molar-refractivity contribution is -0.140. The fourth-order valence-electron chi connectivity index (χ4n) is 3.86. The summed E-state index contributed by atoms with van der Waals surface area (Å²) in [6.45, 7) is 12.3. The Hall–Kier alpha value is -1.89. The number of carboxylic acid groups (broad SMARTS) is 1. The van der Waals surface area contributed by atoms with Gasteiger partial charge in [-0.15, -0.1) is 0 Å². The van der Waals surface area contributed by atoms with Gasteiger partial charge in [0.1, 0.15) is 6.04 Å². The van der Waals surface area contributed by atoms with E-state index in [1.54, 1.807) is 18.0 Å². The highest BCUT2D eigenvalue weighted by atomic mass is 16.4. The number of likely N-dealkylation sites (tertiary alicyclic amines) is 1. The topological polar surface area (TPSA) is 90.0 Å². The Balaban J connectivity index is 2.97. The first-order chi connectivity index (χ1) is 13.5. The Kier molecular flexibility index (Phi) is 9.83. The van der Waals surface area contributed by atoms with Crippen molar-refractivity contribution < 1.29 is 19.5 Å². The number of aliphatic carboxylic acids is 1. The van der Waals surface area contributed by atoms with Gasteiger partial charge in [0.25, 0.3) is 0 Å². The molecule has 2 amide bonds. The highest BCUT2D eigenvalue weighted by Gasteiger charge is 2.35. The molecular weight excluding hydrogens is 370 g/mol. The quantitative estimate of drug-likeness (QED) is 0.572. The van der Waals surface area contributed by atoms with Gasteiger partial charge in [-0.3, -0.25) is 14.5 Å². The average molecular weight is 410 g/mol. The second-order valence-electron chi connectivity index (χ2n) is 8.65. The van der Waals surface area contributed by atoms with Gasteiger partial charge in [-0.2, -0.15) is 0 Å². The van der Waals surface area contributed by atoms with Gasteiger partial charge in [-0.05, 0) is 52.5 Å². The van der Waals surface area contributed by atoms with E-state index in [1.165, 1.54) is 6.92 Å². The number of nitrogens with zero attached hydrogens (tertiary/aromatic N) is 2. The molecule has 0 aromatic heterocycles. The molecule has 0 spiro atoms. The van der Waals surface area contributed by atoms with E-state index < -0.39 is 12.0 Å². The summed E-state index contributed by atoms with van der Waals surface area (Å²) in [7, 11) is 1.67. The zero-order chi connectivity index (χ0) is 22.3. The molecule has 0 aromatic rings. The molecule has 29 heavy (non-hydrogen) atoms. The number of piperidine rings is 1. The van der Waals surface area contributed by atoms with E-state index >= 15 is 0 Å². The van der Waals surface area contributed by atoms with Crippen LogP contribution in [0.25, 0.3) is 0 Å². The monoisotopic (exact) mass is 409 g/mol. The number of hydrogen-bond donors (Lipinski definition) is 2. The molecule has 1 fully saturated rings. The molecule has 2 N–H and O–H groups in total. The number of likely N-dealkylation sites (N-methyl/N-ethyl adjacent to an activating group) is 1. The standard InChI is InChI=1S/C22H39N3O4/c1-8-17(13-16(6)22(28)29)24(7)21(27)19(14(2)3)23-20(26)18-11-9-10-12-25(18)15(4)5/h13-15,17-19H,8-12H2,1-7H3,(H,23,26)(H,28,29)/b16-13+. The van der Waals surface area contributed by atoms with E-state index in [9.17, 15) is 14.4 Å². The summed E-state index contributed by atoms with van der Waals surface area (Å²) in [6, 6.07) is -0.913. The first kappa shape index (κ1) is 25.1. The van der Waals surface area contributed by atoms with Gasteiger partial charge in [0.2, 0.25) is 11.8 Å². The zero-order valence-electron chi connectivity index (χ0n) is 19.1. The lowest BCUT2D eigenvalue weighted by Crippen LogP contribution is -2.58. The maximum atomic E-state index is 13.2. The molecule has 3 unspecified atom stereocenters. The van der Waals surface area contributed by atoms with Crippen LogP contribution in [0.3, 0.4) is 0 Å². The molecule has 1 aliphatic rings. The third-order valence-corrected chi connectivity index (χ3v) is 5.78. The Morgan fingerprint density at radius 3 is 2.31 bits per heavy atom. The van der Waals surface area contributed by atoms with Crippen molar-refractivity contribution >= 4 is 17.8 Å². The number of carbonyl (C=O) groups is 3. The number of amides is 2. The van der Waals surface area contributed by atoms with Crippen LogP contribution in [-0.2, 0) is 14.4 Å². The first-order valence-electron chi connectivity index (χ1n) is 10.8. The average Bonchev–Trinajstić information content (AvgIpc) is 2.68. The summed E-state index contributed by atoms with van der Waals surface area (Å²) >= 11 is 0. The van der Waals surface area contributed by atoms with Crippen LogP contribution in [0.5, 0.6) is 0 Å². The molecule has 166 valence electrons. The SMILES string of the molecule is CCC(/C=C(\C)C(=O)O)N(C)C(=O)C(NC(=O)C1CCCCN1C(C)C)C(C)C. The van der Waals surface area contributed by atoms with Crippen molar-refractivity contribution in [2.75, 3.05) is 13.6 Å². The second kappa shape index (κ2) is 11.3. The van der Waals surface area contributed by atoms with Crippen LogP contribution < -0.4 is 5.32 Å². The summed E-state index contributed by atoms with van der Waals surface area (Å²) in [5, 5.41) is 12.1. The summed E-state index contributed by atoms with van der Waals surface area (Å²) in [5.41, 5.74) is 0.205. The summed E-state index contributed by atoms with van der Waals surface area (Å²) in [5.74, 6) is -1.36. The molecule has 7 nitrogen and oxygen atoms in total. The largest absolute Gasteiger partial charge is 0.478 e. The predicted octanol–water partition coefficient (Wildman–Crippen LogP) is 2.66. The maximum Gasteiger partial charge on any atom is 0.331 e. The minimum Gasteiger partial charge on any atom is -0.478 e. The molecule has 0 saturated carbocycles. The van der Waals surface area contributed by atoms with E-state index in [0.717, 1.165) is 25.8 Å². The summed E-state index contributed by atoms with van der Waals surface area (Å²) in [4.78, 5) is 41.2. The van der Waals surface area contributed by atoms with Crippen LogP contribution in [-0.4, -0.2) is 70.4 Å². The number of carboxylic acids is 1. The zero-order valence-corrected chi connectivity index (χ0v) is 19.1. The fourth-order valence-corrected chi connectivity index (χ4v) is 3.86. The Labute approximate surface area is 175 Å². The first-order valence-corrected chi connectivity index (χ1v) is 10.8. The van der Waals surface area contributed by atoms with E-state index in [1.807, 2.05) is 20.8 Å². The van der Waals surface area contributed by atoms with Crippen LogP contribution in [0.15, 0.2) is 11.6 Å². The lowest BCUT2D eigenvalue weighted by atomic mass is 9.97. The van der Waals surface area contributed by atoms with E-state index in [2.05, 4.69) is 24.1 Å². The number of hydrogen-bond acceptors (Lipinski definition) is 4. The van der Waals surface area contributed by atoms with Gasteiger partial charge in [-0.25, -0.2) is 4.79 Å². The van der Waals surface area contributed by atoms with Crippen molar-refractivity contribution in [2.45, 2.75) is 91.4 Å². The highest BCUT2D eigenvalue weighted by molar-refractivity contribution is 5.90. The predicted molar refractivity (Wildman–Crippen MR) is 114 cm³/mol. The molecule has 1 saturated heterocycles. The van der Waals surface area contributed by atoms with Crippen LogP contribution in [0.1, 0.15) is 67.2 Å². The molecule has 1 heterocycles. The Morgan fingerprint density at radius 1 is 1.21 bits per heavy atom. The fraction of sp³-hybridized carbons (Fsp3) is 0.773. The maximum absolute atomic E-state index is 13.2. The van der Waals surface area contributed by atoms with Crippen LogP contribution in [0.4, 0.5) is 0 Å². The molecule has 1 aliphatic heterocycles. The molecule has 1 rings (SSSR count). The number of carbonyl (C=O) groups excluding carboxylic acids is 2. The Bertz CT molecular complexity index is 615. The van der Waals surface area contributed by atoms with Crippen molar-refractivity contribution in [1.82, 2.24) is 15.1 Å². The molecule has 3 atom stereocenters. The van der Waals surface area contributed by atoms with Crippen molar-refractivity contribution in [1.29, 1.82) is 0 Å². The normalized spacial score (nSPS) is 20.4. The van der Waals surface area contributed by atoms with Gasteiger partial charge >= 0.3 is 5.97 Å². The molecule has 0 bridgehead atoms. The van der Waals surface area contributed by atoms with Crippen LogP contribution >= 0.6 is 0 Å². The molecule has 7 heteroatoms. The van der Waals surface area contributed by atoms with Crippen LogP contribution in [0.2, 0.25) is 0 Å². The van der Waals surface area contributed by atoms with E-state index in [0.29, 0.717) is 6.42 Å². The van der Waals surface area contributed by atoms with Gasteiger partial charge in [0.15, 0.2) is 0 Å². The van der Waals surface area contributed by atoms with E-state index in [4.69, 9.17) is 5.11 Å². The van der Waals surface area contributed by atoms with Gasteiger partial charge in [-0.1, -0.05) is 33.3 Å². The second-order valence-corrected chi connectivity index (χ2v) is 8.65. The Morgan fingerprint density at radius 2 is 1.83 bits per heavy atom. The van der Waals surface area contributed by atoms with Crippen molar-refractivity contribution in [2.24, 2.45) is 5.92 Å². The van der Waals surface area contributed by atoms with Gasteiger partial charge < -0.3 is 15.3 Å². The lowest BCUT2D eigenvalue weighted by Gasteiger charge is -2.39. The van der Waals surface area contributed by atoms with Crippen molar-refractivity contribution in [3.63, 3.8) is 0 Å².